The van der Waals surface area contributed by atoms with Crippen LogP contribution < -0.4 is 26.9 Å². The van der Waals surface area contributed by atoms with Crippen molar-refractivity contribution in [2.24, 2.45) is 0 Å². The predicted molar refractivity (Wildman–Crippen MR) is 35.1 cm³/mol. The molecule has 0 aliphatic rings. The van der Waals surface area contributed by atoms with E-state index in [1.807, 2.05) is 4.93 Å². The number of nitrogens with one attached hydrogen (secondary N) is 1. The van der Waals surface area contributed by atoms with E-state index >= 15 is 0 Å². The van der Waals surface area contributed by atoms with E-state index in [-0.39, 0.29) is 27.5 Å². The summed E-state index contributed by atoms with van der Waals surface area (Å²) in [5.41, 5.74) is 0. The molecule has 0 spiro atoms. The van der Waals surface area contributed by atoms with Gasteiger partial charge in [0.1, 0.15) is 0 Å². The molecular formula is C6H11INO2-. The number of alkyl halides is 1. The van der Waals surface area contributed by atoms with Crippen molar-refractivity contribution in [3.8, 4) is 0 Å². The van der Waals surface area contributed by atoms with Crippen LogP contribution in [0.25, 0.3) is 0 Å². The van der Waals surface area contributed by atoms with Crippen molar-refractivity contribution in [1.29, 1.82) is 0 Å². The summed E-state index contributed by atoms with van der Waals surface area (Å²) in [4.78, 5) is 12.5. The topological polar surface area (TPSA) is 38.3 Å². The van der Waals surface area contributed by atoms with Gasteiger partial charge in [-0.2, -0.15) is 0 Å². The van der Waals surface area contributed by atoms with Crippen molar-refractivity contribution >= 4 is 5.91 Å². The van der Waals surface area contributed by atoms with Gasteiger partial charge in [-0.1, -0.05) is 0 Å². The molecule has 0 aliphatic carbocycles. The number of halogens is 1. The maximum atomic E-state index is 10.5. The molecule has 0 unspecified atom stereocenters. The monoisotopic (exact) mass is 256 g/mol. The van der Waals surface area contributed by atoms with E-state index < -0.39 is 0 Å². The summed E-state index contributed by atoms with van der Waals surface area (Å²) in [6.07, 6.45) is 1.25. The van der Waals surface area contributed by atoms with Crippen LogP contribution in [0.4, 0.5) is 0 Å². The fourth-order valence-electron chi connectivity index (χ4n) is 0.362. The predicted octanol–water partition coefficient (Wildman–Crippen LogP) is -3.06. The Hall–Kier alpha value is -0.100. The minimum absolute atomic E-state index is 0.107. The molecule has 0 bridgehead atoms. The van der Waals surface area contributed by atoms with E-state index in [1.54, 1.807) is 0 Å². The first-order valence-electron chi connectivity index (χ1n) is 2.83. The standard InChI is InChI=1S/C6H11INO2/c1-3-6(9)8-4-5-10-7-2/h3H,1,4-5H2,2H3,(H,8,9)/q-1. The fraction of sp³-hybridized carbons (Fsp3) is 0.500. The van der Waals surface area contributed by atoms with Gasteiger partial charge in [-0.15, -0.1) is 0 Å². The van der Waals surface area contributed by atoms with Crippen LogP contribution >= 0.6 is 0 Å². The van der Waals surface area contributed by atoms with E-state index in [1.165, 1.54) is 6.08 Å². The van der Waals surface area contributed by atoms with Gasteiger partial charge in [0.25, 0.3) is 0 Å². The maximum absolute atomic E-state index is 10.5. The van der Waals surface area contributed by atoms with Gasteiger partial charge in [-0.3, -0.25) is 0 Å². The fourth-order valence-corrected chi connectivity index (χ4v) is 1.02. The molecule has 0 rings (SSSR count). The molecule has 3 nitrogen and oxygen atoms in total. The van der Waals surface area contributed by atoms with Crippen molar-refractivity contribution in [3.63, 3.8) is 0 Å². The van der Waals surface area contributed by atoms with Crippen molar-refractivity contribution in [2.75, 3.05) is 18.1 Å². The number of amides is 1. The Labute approximate surface area is 71.6 Å². The molecule has 0 saturated heterocycles. The summed E-state index contributed by atoms with van der Waals surface area (Å²) in [7, 11) is 0. The molecule has 0 saturated carbocycles. The third kappa shape index (κ3) is 6.03. The van der Waals surface area contributed by atoms with E-state index in [4.69, 9.17) is 3.07 Å². The van der Waals surface area contributed by atoms with Crippen LogP contribution in [0.5, 0.6) is 0 Å². The van der Waals surface area contributed by atoms with E-state index in [0.29, 0.717) is 13.2 Å². The molecule has 1 amide bonds. The van der Waals surface area contributed by atoms with Crippen LogP contribution in [0.1, 0.15) is 0 Å². The number of rotatable bonds is 5. The van der Waals surface area contributed by atoms with Gasteiger partial charge in [0, 0.05) is 0 Å². The quantitative estimate of drug-likeness (QED) is 0.245. The molecule has 4 heteroatoms. The first kappa shape index (κ1) is 9.90. The molecule has 60 valence electrons. The minimum atomic E-state index is -0.141. The van der Waals surface area contributed by atoms with Crippen LogP contribution in [0.3, 0.4) is 0 Å². The molecule has 10 heavy (non-hydrogen) atoms. The molecule has 0 aromatic heterocycles. The Balaban J connectivity index is 3.03. The molecule has 1 N–H and O–H groups in total. The molecule has 0 atom stereocenters. The number of hydrogen-bond acceptors (Lipinski definition) is 2. The Morgan fingerprint density at radius 2 is 2.60 bits per heavy atom. The van der Waals surface area contributed by atoms with Gasteiger partial charge in [-0.05, 0) is 0 Å². The Bertz CT molecular complexity index is 116. The second kappa shape index (κ2) is 7.01. The van der Waals surface area contributed by atoms with Crippen molar-refractivity contribution in [2.45, 2.75) is 0 Å². The van der Waals surface area contributed by atoms with E-state index in [9.17, 15) is 4.79 Å². The van der Waals surface area contributed by atoms with Crippen LogP contribution in [0, 0.1) is 0 Å². The van der Waals surface area contributed by atoms with Gasteiger partial charge in [0.15, 0.2) is 0 Å². The SMILES string of the molecule is C=CC(=O)NCCO[I-]C. The van der Waals surface area contributed by atoms with Crippen LogP contribution in [0.15, 0.2) is 12.7 Å². The van der Waals surface area contributed by atoms with Crippen LogP contribution in [0.2, 0.25) is 0 Å². The summed E-state index contributed by atoms with van der Waals surface area (Å²) < 4.78 is 5.09. The summed E-state index contributed by atoms with van der Waals surface area (Å²) >= 11 is -0.107. The van der Waals surface area contributed by atoms with Gasteiger partial charge in [0.2, 0.25) is 0 Å². The summed E-state index contributed by atoms with van der Waals surface area (Å²) in [6.45, 7) is 4.51. The second-order valence-electron chi connectivity index (χ2n) is 1.46. The Morgan fingerprint density at radius 3 is 3.10 bits per heavy atom. The van der Waals surface area contributed by atoms with E-state index in [2.05, 4.69) is 11.9 Å². The molecule has 0 aromatic carbocycles. The molecular weight excluding hydrogens is 245 g/mol. The average Bonchev–Trinajstić information content (AvgIpc) is 1.98. The number of carbonyl (C=O) groups is 1. The van der Waals surface area contributed by atoms with Gasteiger partial charge >= 0.3 is 71.4 Å². The zero-order valence-corrected chi connectivity index (χ0v) is 8.05. The van der Waals surface area contributed by atoms with Gasteiger partial charge < -0.3 is 0 Å². The summed E-state index contributed by atoms with van der Waals surface area (Å²) in [6, 6.07) is 0. The summed E-state index contributed by atoms with van der Waals surface area (Å²) in [5, 5.41) is 2.60. The van der Waals surface area contributed by atoms with Gasteiger partial charge in [-0.25, -0.2) is 0 Å². The summed E-state index contributed by atoms with van der Waals surface area (Å²) in [5.74, 6) is -0.141. The zero-order chi connectivity index (χ0) is 7.82. The Kier molecular flexibility index (Phi) is 6.94. The third-order valence-electron chi connectivity index (χ3n) is 0.773. The molecule has 0 heterocycles. The van der Waals surface area contributed by atoms with Gasteiger partial charge in [0.05, 0.1) is 0 Å². The normalized spacial score (nSPS) is 9.30. The van der Waals surface area contributed by atoms with Crippen LogP contribution in [-0.4, -0.2) is 24.0 Å². The average molecular weight is 256 g/mol. The number of carbonyl (C=O) groups excluding carboxylic acids is 1. The third-order valence-corrected chi connectivity index (χ3v) is 1.84. The molecule has 0 aromatic rings. The van der Waals surface area contributed by atoms with Crippen LogP contribution in [-0.2, 0) is 7.86 Å². The van der Waals surface area contributed by atoms with E-state index in [0.717, 1.165) is 0 Å². The Morgan fingerprint density at radius 1 is 1.90 bits per heavy atom. The van der Waals surface area contributed by atoms with Crippen molar-refractivity contribution < 1.29 is 29.5 Å². The molecule has 0 radical (unpaired) electrons. The molecule has 0 fully saturated rings. The molecule has 0 aliphatic heterocycles. The van der Waals surface area contributed by atoms with Crippen molar-refractivity contribution in [1.82, 2.24) is 5.32 Å². The number of hydrogen-bond donors (Lipinski definition) is 1. The first-order valence-corrected chi connectivity index (χ1v) is 5.86. The van der Waals surface area contributed by atoms with Crippen molar-refractivity contribution in [3.05, 3.63) is 12.7 Å². The second-order valence-corrected chi connectivity index (χ2v) is 2.97. The first-order chi connectivity index (χ1) is 4.81. The zero-order valence-electron chi connectivity index (χ0n) is 5.89.